The second-order valence-corrected chi connectivity index (χ2v) is 8.69. The summed E-state index contributed by atoms with van der Waals surface area (Å²) in [6.45, 7) is 5.41. The normalized spacial score (nSPS) is 21.2. The van der Waals surface area contributed by atoms with Gasteiger partial charge in [0.1, 0.15) is 5.82 Å². The smallest absolute Gasteiger partial charge is 0.359 e. The quantitative estimate of drug-likeness (QED) is 0.719. The summed E-state index contributed by atoms with van der Waals surface area (Å²) in [6, 6.07) is 6.05. The molecule has 2 unspecified atom stereocenters. The lowest BCUT2D eigenvalue weighted by molar-refractivity contribution is -0.137. The molecule has 30 heavy (non-hydrogen) atoms. The number of hydrogen-bond acceptors (Lipinski definition) is 4. The van der Waals surface area contributed by atoms with Crippen LogP contribution in [0.3, 0.4) is 0 Å². The molecule has 1 amide bonds. The van der Waals surface area contributed by atoms with Gasteiger partial charge < -0.3 is 9.64 Å². The predicted molar refractivity (Wildman–Crippen MR) is 110 cm³/mol. The number of hydrogen-bond donors (Lipinski definition) is 0. The number of piperidine rings is 1. The van der Waals surface area contributed by atoms with Crippen molar-refractivity contribution in [1.82, 2.24) is 14.7 Å². The van der Waals surface area contributed by atoms with E-state index in [1.807, 2.05) is 0 Å². The van der Waals surface area contributed by atoms with Gasteiger partial charge in [0.15, 0.2) is 12.3 Å². The fraction of sp³-hybridized carbons (Fsp3) is 0.522. The molecule has 1 aliphatic carbocycles. The first-order valence-corrected chi connectivity index (χ1v) is 10.7. The largest absolute Gasteiger partial charge is 0.451 e. The number of carbonyl (C=O) groups excluding carboxylic acids is 2. The standard InChI is InChI=1S/C23H28FN3O3/c1-15-11-16(2)13-26(12-15)21(28)14-30-23(29)22-19-5-3-4-6-20(19)27(25-22)18-9-7-17(24)8-10-18/h7-10,15-16H,3-6,11-14H2,1-2H3. The highest BCUT2D eigenvalue weighted by Gasteiger charge is 2.29. The van der Waals surface area contributed by atoms with E-state index in [-0.39, 0.29) is 24.0 Å². The van der Waals surface area contributed by atoms with Gasteiger partial charge in [0, 0.05) is 24.3 Å². The second kappa shape index (κ2) is 8.58. The SMILES string of the molecule is CC1CC(C)CN(C(=O)COC(=O)c2nn(-c3ccc(F)cc3)c3c2CCCC3)C1. The minimum atomic E-state index is -0.569. The Morgan fingerprint density at radius 1 is 1.10 bits per heavy atom. The van der Waals surface area contributed by atoms with E-state index in [9.17, 15) is 14.0 Å². The number of carbonyl (C=O) groups is 2. The summed E-state index contributed by atoms with van der Waals surface area (Å²) < 4.78 is 20.4. The van der Waals surface area contributed by atoms with E-state index in [0.29, 0.717) is 30.6 Å². The fourth-order valence-corrected chi connectivity index (χ4v) is 4.71. The summed E-state index contributed by atoms with van der Waals surface area (Å²) in [5.74, 6) is -0.146. The minimum absolute atomic E-state index is 0.159. The lowest BCUT2D eigenvalue weighted by atomic mass is 9.92. The van der Waals surface area contributed by atoms with E-state index < -0.39 is 5.97 Å². The zero-order valence-corrected chi connectivity index (χ0v) is 17.6. The molecule has 2 atom stereocenters. The van der Waals surface area contributed by atoms with Crippen LogP contribution in [0.2, 0.25) is 0 Å². The molecule has 0 saturated carbocycles. The molecule has 0 spiro atoms. The number of rotatable bonds is 4. The molecule has 1 aromatic heterocycles. The van der Waals surface area contributed by atoms with Gasteiger partial charge in [0.25, 0.3) is 5.91 Å². The lowest BCUT2D eigenvalue weighted by Crippen LogP contribution is -2.44. The predicted octanol–water partition coefficient (Wildman–Crippen LogP) is 3.55. The second-order valence-electron chi connectivity index (χ2n) is 8.69. The Labute approximate surface area is 176 Å². The molecule has 7 heteroatoms. The van der Waals surface area contributed by atoms with Crippen LogP contribution in [0, 0.1) is 17.7 Å². The van der Waals surface area contributed by atoms with Crippen molar-refractivity contribution in [3.05, 3.63) is 47.0 Å². The Balaban J connectivity index is 1.50. The van der Waals surface area contributed by atoms with Crippen LogP contribution < -0.4 is 0 Å². The molecule has 1 aromatic carbocycles. The molecule has 1 saturated heterocycles. The molecule has 2 aliphatic rings. The number of fused-ring (bicyclic) bond motifs is 1. The van der Waals surface area contributed by atoms with Crippen LogP contribution >= 0.6 is 0 Å². The number of aromatic nitrogens is 2. The Bertz CT molecular complexity index is 928. The summed E-state index contributed by atoms with van der Waals surface area (Å²) in [5, 5.41) is 4.50. The summed E-state index contributed by atoms with van der Waals surface area (Å²) in [5.41, 5.74) is 2.82. The molecule has 6 nitrogen and oxygen atoms in total. The average molecular weight is 413 g/mol. The number of halogens is 1. The monoisotopic (exact) mass is 413 g/mol. The highest BCUT2D eigenvalue weighted by Crippen LogP contribution is 2.28. The summed E-state index contributed by atoms with van der Waals surface area (Å²) in [4.78, 5) is 27.2. The molecule has 1 fully saturated rings. The fourth-order valence-electron chi connectivity index (χ4n) is 4.71. The van der Waals surface area contributed by atoms with Crippen LogP contribution in [-0.4, -0.2) is 46.3 Å². The van der Waals surface area contributed by atoms with Crippen molar-refractivity contribution in [2.45, 2.75) is 46.0 Å². The first kappa shape index (κ1) is 20.6. The van der Waals surface area contributed by atoms with Crippen molar-refractivity contribution in [3.8, 4) is 5.69 Å². The lowest BCUT2D eigenvalue weighted by Gasteiger charge is -2.34. The number of likely N-dealkylation sites (tertiary alicyclic amines) is 1. The molecular formula is C23H28FN3O3. The molecule has 2 aromatic rings. The van der Waals surface area contributed by atoms with Crippen molar-refractivity contribution < 1.29 is 18.7 Å². The maximum atomic E-state index is 13.3. The molecule has 160 valence electrons. The highest BCUT2D eigenvalue weighted by atomic mass is 19.1. The number of ether oxygens (including phenoxy) is 1. The van der Waals surface area contributed by atoms with Crippen LogP contribution in [0.15, 0.2) is 24.3 Å². The third kappa shape index (κ3) is 4.25. The van der Waals surface area contributed by atoms with Crippen LogP contribution in [0.25, 0.3) is 5.69 Å². The third-order valence-corrected chi connectivity index (χ3v) is 5.99. The van der Waals surface area contributed by atoms with Crippen molar-refractivity contribution >= 4 is 11.9 Å². The van der Waals surface area contributed by atoms with Gasteiger partial charge in [-0.1, -0.05) is 13.8 Å². The molecule has 0 N–H and O–H groups in total. The van der Waals surface area contributed by atoms with Gasteiger partial charge in [-0.3, -0.25) is 4.79 Å². The Morgan fingerprint density at radius 2 is 1.77 bits per heavy atom. The maximum absolute atomic E-state index is 13.3. The minimum Gasteiger partial charge on any atom is -0.451 e. The van der Waals surface area contributed by atoms with Gasteiger partial charge in [-0.05, 0) is 68.2 Å². The number of nitrogens with zero attached hydrogens (tertiary/aromatic N) is 3. The highest BCUT2D eigenvalue weighted by molar-refractivity contribution is 5.91. The molecule has 1 aliphatic heterocycles. The zero-order valence-electron chi connectivity index (χ0n) is 17.6. The van der Waals surface area contributed by atoms with Crippen molar-refractivity contribution in [2.75, 3.05) is 19.7 Å². The molecule has 0 radical (unpaired) electrons. The van der Waals surface area contributed by atoms with E-state index in [0.717, 1.165) is 43.4 Å². The van der Waals surface area contributed by atoms with E-state index in [2.05, 4.69) is 18.9 Å². The number of benzene rings is 1. The molecular weight excluding hydrogens is 385 g/mol. The first-order valence-electron chi connectivity index (χ1n) is 10.7. The van der Waals surface area contributed by atoms with Gasteiger partial charge in [0.05, 0.1) is 5.69 Å². The molecule has 2 heterocycles. The first-order chi connectivity index (χ1) is 14.4. The van der Waals surface area contributed by atoms with Crippen molar-refractivity contribution in [3.63, 3.8) is 0 Å². The Morgan fingerprint density at radius 3 is 2.47 bits per heavy atom. The van der Waals surface area contributed by atoms with E-state index in [4.69, 9.17) is 4.74 Å². The Kier molecular flexibility index (Phi) is 5.88. The third-order valence-electron chi connectivity index (χ3n) is 5.99. The molecule has 0 bridgehead atoms. The molecule has 4 rings (SSSR count). The van der Waals surface area contributed by atoms with Gasteiger partial charge in [-0.2, -0.15) is 5.10 Å². The average Bonchev–Trinajstić information content (AvgIpc) is 3.11. The number of esters is 1. The maximum Gasteiger partial charge on any atom is 0.359 e. The van der Waals surface area contributed by atoms with Gasteiger partial charge in [-0.25, -0.2) is 13.9 Å². The van der Waals surface area contributed by atoms with Crippen LogP contribution in [0.5, 0.6) is 0 Å². The van der Waals surface area contributed by atoms with Gasteiger partial charge in [0.2, 0.25) is 0 Å². The van der Waals surface area contributed by atoms with Crippen molar-refractivity contribution in [2.24, 2.45) is 11.8 Å². The van der Waals surface area contributed by atoms with Gasteiger partial charge in [-0.15, -0.1) is 0 Å². The topological polar surface area (TPSA) is 64.4 Å². The van der Waals surface area contributed by atoms with Crippen molar-refractivity contribution in [1.29, 1.82) is 0 Å². The summed E-state index contributed by atoms with van der Waals surface area (Å²) in [6.07, 6.45) is 4.64. The van der Waals surface area contributed by atoms with E-state index in [1.165, 1.54) is 12.1 Å². The number of amides is 1. The van der Waals surface area contributed by atoms with Crippen LogP contribution in [0.4, 0.5) is 4.39 Å². The Hall–Kier alpha value is -2.70. The van der Waals surface area contributed by atoms with Crippen LogP contribution in [0.1, 0.15) is 54.9 Å². The van der Waals surface area contributed by atoms with Crippen LogP contribution in [-0.2, 0) is 22.4 Å². The van der Waals surface area contributed by atoms with E-state index >= 15 is 0 Å². The zero-order chi connectivity index (χ0) is 21.3. The summed E-state index contributed by atoms with van der Waals surface area (Å²) in [7, 11) is 0. The van der Waals surface area contributed by atoms with Gasteiger partial charge >= 0.3 is 5.97 Å². The summed E-state index contributed by atoms with van der Waals surface area (Å²) >= 11 is 0. The van der Waals surface area contributed by atoms with E-state index in [1.54, 1.807) is 21.7 Å².